The standard InChI is InChI=1S/C13H9FN2O4/c14-10-3-1-2-8(4-10)9-5-12(16(19)20)11(15-7-9)6-13(17)18/h1-5,7H,6H2,(H,17,18). The van der Waals surface area contributed by atoms with Gasteiger partial charge in [-0.3, -0.25) is 19.9 Å². The fraction of sp³-hybridized carbons (Fsp3) is 0.0769. The van der Waals surface area contributed by atoms with Crippen molar-refractivity contribution in [2.45, 2.75) is 6.42 Å². The Hall–Kier alpha value is -2.83. The molecule has 102 valence electrons. The summed E-state index contributed by atoms with van der Waals surface area (Å²) in [6.45, 7) is 0. The molecular weight excluding hydrogens is 267 g/mol. The van der Waals surface area contributed by atoms with Gasteiger partial charge in [-0.25, -0.2) is 4.39 Å². The summed E-state index contributed by atoms with van der Waals surface area (Å²) in [5, 5.41) is 19.6. The average Bonchev–Trinajstić information content (AvgIpc) is 2.38. The molecule has 0 saturated carbocycles. The normalized spacial score (nSPS) is 10.2. The van der Waals surface area contributed by atoms with E-state index in [9.17, 15) is 19.3 Å². The monoisotopic (exact) mass is 276 g/mol. The molecule has 0 radical (unpaired) electrons. The highest BCUT2D eigenvalue weighted by atomic mass is 19.1. The van der Waals surface area contributed by atoms with Gasteiger partial charge in [-0.1, -0.05) is 12.1 Å². The first-order valence-corrected chi connectivity index (χ1v) is 5.58. The predicted octanol–water partition coefficient (Wildman–Crippen LogP) is 2.42. The molecule has 0 aliphatic carbocycles. The fourth-order valence-electron chi connectivity index (χ4n) is 1.74. The maximum absolute atomic E-state index is 13.1. The van der Waals surface area contributed by atoms with Crippen LogP contribution in [0.25, 0.3) is 11.1 Å². The summed E-state index contributed by atoms with van der Waals surface area (Å²) in [6.07, 6.45) is 0.750. The molecule has 0 aliphatic heterocycles. The van der Waals surface area contributed by atoms with Crippen LogP contribution in [-0.2, 0) is 11.2 Å². The van der Waals surface area contributed by atoms with Gasteiger partial charge in [-0.15, -0.1) is 0 Å². The second-order valence-electron chi connectivity index (χ2n) is 4.03. The molecule has 0 unspecified atom stereocenters. The number of aliphatic carboxylic acids is 1. The second-order valence-corrected chi connectivity index (χ2v) is 4.03. The van der Waals surface area contributed by atoms with Crippen molar-refractivity contribution in [3.05, 3.63) is 58.2 Å². The van der Waals surface area contributed by atoms with E-state index in [1.807, 2.05) is 0 Å². The zero-order valence-electron chi connectivity index (χ0n) is 10.1. The van der Waals surface area contributed by atoms with Crippen molar-refractivity contribution in [2.24, 2.45) is 0 Å². The van der Waals surface area contributed by atoms with Crippen molar-refractivity contribution < 1.29 is 19.2 Å². The van der Waals surface area contributed by atoms with Gasteiger partial charge in [0.05, 0.1) is 11.3 Å². The van der Waals surface area contributed by atoms with Gasteiger partial charge in [0.2, 0.25) is 0 Å². The lowest BCUT2D eigenvalue weighted by Gasteiger charge is -2.04. The van der Waals surface area contributed by atoms with Gasteiger partial charge in [0.15, 0.2) is 0 Å². The van der Waals surface area contributed by atoms with Crippen LogP contribution in [-0.4, -0.2) is 21.0 Å². The first-order valence-electron chi connectivity index (χ1n) is 5.58. The van der Waals surface area contributed by atoms with Crippen molar-refractivity contribution in [1.82, 2.24) is 4.98 Å². The number of nitrogens with zero attached hydrogens (tertiary/aromatic N) is 2. The largest absolute Gasteiger partial charge is 0.481 e. The SMILES string of the molecule is O=C(O)Cc1ncc(-c2cccc(F)c2)cc1[N+](=O)[O-]. The summed E-state index contributed by atoms with van der Waals surface area (Å²) in [4.78, 5) is 24.7. The molecule has 0 amide bonds. The molecule has 0 saturated heterocycles. The van der Waals surface area contributed by atoms with Crippen LogP contribution in [0.3, 0.4) is 0 Å². The maximum Gasteiger partial charge on any atom is 0.309 e. The van der Waals surface area contributed by atoms with Gasteiger partial charge in [-0.2, -0.15) is 0 Å². The molecular formula is C13H9FN2O4. The third-order valence-corrected chi connectivity index (χ3v) is 2.62. The number of hydrogen-bond acceptors (Lipinski definition) is 4. The molecule has 1 heterocycles. The Morgan fingerprint density at radius 2 is 2.10 bits per heavy atom. The molecule has 2 aromatic rings. The molecule has 6 nitrogen and oxygen atoms in total. The van der Waals surface area contributed by atoms with Crippen LogP contribution in [0.1, 0.15) is 5.69 Å². The summed E-state index contributed by atoms with van der Waals surface area (Å²) >= 11 is 0. The Morgan fingerprint density at radius 1 is 1.35 bits per heavy atom. The molecule has 0 spiro atoms. The van der Waals surface area contributed by atoms with E-state index in [0.29, 0.717) is 11.1 Å². The number of carboxylic acid groups (broad SMARTS) is 1. The average molecular weight is 276 g/mol. The summed E-state index contributed by atoms with van der Waals surface area (Å²) in [5.41, 5.74) is 0.254. The maximum atomic E-state index is 13.1. The van der Waals surface area contributed by atoms with E-state index in [0.717, 1.165) is 0 Å². The highest BCUT2D eigenvalue weighted by molar-refractivity contribution is 5.73. The Labute approximate surface area is 112 Å². The molecule has 0 fully saturated rings. The molecule has 0 aliphatic rings. The number of nitro groups is 1. The van der Waals surface area contributed by atoms with Crippen molar-refractivity contribution in [3.8, 4) is 11.1 Å². The van der Waals surface area contributed by atoms with Crippen LogP contribution in [0, 0.1) is 15.9 Å². The number of halogens is 1. The summed E-state index contributed by atoms with van der Waals surface area (Å²) in [5.74, 6) is -1.68. The number of benzene rings is 1. The van der Waals surface area contributed by atoms with E-state index < -0.39 is 28.8 Å². The van der Waals surface area contributed by atoms with E-state index in [-0.39, 0.29) is 5.69 Å². The lowest BCUT2D eigenvalue weighted by molar-refractivity contribution is -0.385. The van der Waals surface area contributed by atoms with Crippen LogP contribution >= 0.6 is 0 Å². The van der Waals surface area contributed by atoms with Crippen LogP contribution in [0.2, 0.25) is 0 Å². The highest BCUT2D eigenvalue weighted by Gasteiger charge is 2.19. The van der Waals surface area contributed by atoms with E-state index in [1.165, 1.54) is 30.5 Å². The number of carboxylic acids is 1. The van der Waals surface area contributed by atoms with Gasteiger partial charge < -0.3 is 5.11 Å². The van der Waals surface area contributed by atoms with Crippen LogP contribution < -0.4 is 0 Å². The lowest BCUT2D eigenvalue weighted by Crippen LogP contribution is -2.06. The van der Waals surface area contributed by atoms with Gasteiger partial charge in [0.25, 0.3) is 5.69 Å². The third-order valence-electron chi connectivity index (χ3n) is 2.62. The van der Waals surface area contributed by atoms with Crippen LogP contribution in [0.5, 0.6) is 0 Å². The summed E-state index contributed by atoms with van der Waals surface area (Å²) in [7, 11) is 0. The van der Waals surface area contributed by atoms with E-state index in [2.05, 4.69) is 4.98 Å². The topological polar surface area (TPSA) is 93.3 Å². The first kappa shape index (κ1) is 13.6. The first-order chi connectivity index (χ1) is 9.47. The molecule has 1 aromatic carbocycles. The zero-order chi connectivity index (χ0) is 14.7. The molecule has 2 rings (SSSR count). The minimum atomic E-state index is -1.21. The number of carbonyl (C=O) groups is 1. The number of pyridine rings is 1. The van der Waals surface area contributed by atoms with Crippen molar-refractivity contribution >= 4 is 11.7 Å². The molecule has 7 heteroatoms. The Kier molecular flexibility index (Phi) is 3.69. The van der Waals surface area contributed by atoms with E-state index in [4.69, 9.17) is 5.11 Å². The predicted molar refractivity (Wildman–Crippen MR) is 67.6 cm³/mol. The number of hydrogen-bond donors (Lipinski definition) is 1. The van der Waals surface area contributed by atoms with Crippen molar-refractivity contribution in [2.75, 3.05) is 0 Å². The smallest absolute Gasteiger partial charge is 0.309 e. The Balaban J connectivity index is 2.50. The summed E-state index contributed by atoms with van der Waals surface area (Å²) in [6, 6.07) is 6.73. The van der Waals surface area contributed by atoms with Crippen molar-refractivity contribution in [3.63, 3.8) is 0 Å². The van der Waals surface area contributed by atoms with Crippen LogP contribution in [0.15, 0.2) is 36.5 Å². The molecule has 20 heavy (non-hydrogen) atoms. The Bertz CT molecular complexity index is 688. The molecule has 1 aromatic heterocycles. The van der Waals surface area contributed by atoms with Gasteiger partial charge in [0, 0.05) is 17.8 Å². The Morgan fingerprint density at radius 3 is 2.70 bits per heavy atom. The molecule has 1 N–H and O–H groups in total. The van der Waals surface area contributed by atoms with Gasteiger partial charge in [0.1, 0.15) is 11.5 Å². The number of aromatic nitrogens is 1. The lowest BCUT2D eigenvalue weighted by atomic mass is 10.1. The highest BCUT2D eigenvalue weighted by Crippen LogP contribution is 2.26. The van der Waals surface area contributed by atoms with E-state index in [1.54, 1.807) is 6.07 Å². The van der Waals surface area contributed by atoms with Crippen molar-refractivity contribution in [1.29, 1.82) is 0 Å². The minimum Gasteiger partial charge on any atom is -0.481 e. The second kappa shape index (κ2) is 5.43. The fourth-order valence-corrected chi connectivity index (χ4v) is 1.74. The van der Waals surface area contributed by atoms with Crippen LogP contribution in [0.4, 0.5) is 10.1 Å². The van der Waals surface area contributed by atoms with Gasteiger partial charge >= 0.3 is 5.97 Å². The third kappa shape index (κ3) is 2.94. The molecule has 0 atom stereocenters. The zero-order valence-corrected chi connectivity index (χ0v) is 10.1. The minimum absolute atomic E-state index is 0.136. The van der Waals surface area contributed by atoms with E-state index >= 15 is 0 Å². The number of rotatable bonds is 4. The summed E-state index contributed by atoms with van der Waals surface area (Å²) < 4.78 is 13.1. The quantitative estimate of drug-likeness (QED) is 0.683. The van der Waals surface area contributed by atoms with Gasteiger partial charge in [-0.05, 0) is 17.7 Å². The molecule has 0 bridgehead atoms.